The van der Waals surface area contributed by atoms with Gasteiger partial charge in [-0.2, -0.15) is 0 Å². The minimum Gasteiger partial charge on any atom is -0.481 e. The van der Waals surface area contributed by atoms with Crippen molar-refractivity contribution >= 4 is 5.97 Å². The summed E-state index contributed by atoms with van der Waals surface area (Å²) in [5.41, 5.74) is 2.55. The molecular weight excluding hydrogens is 262 g/mol. The van der Waals surface area contributed by atoms with Crippen LogP contribution in [0.15, 0.2) is 24.3 Å². The molecule has 0 aliphatic heterocycles. The summed E-state index contributed by atoms with van der Waals surface area (Å²) in [6.07, 6.45) is 2.07. The Balaban J connectivity index is 2.66. The highest BCUT2D eigenvalue weighted by Gasteiger charge is 2.14. The third-order valence-corrected chi connectivity index (χ3v) is 3.88. The number of hydrogen-bond acceptors (Lipinski definition) is 2. The second kappa shape index (κ2) is 8.83. The van der Waals surface area contributed by atoms with Crippen LogP contribution in [-0.2, 0) is 11.2 Å². The molecule has 0 radical (unpaired) electrons. The van der Waals surface area contributed by atoms with Gasteiger partial charge >= 0.3 is 5.97 Å². The summed E-state index contributed by atoms with van der Waals surface area (Å²) in [6.45, 7) is 9.53. The Labute approximate surface area is 128 Å². The molecule has 2 unspecified atom stereocenters. The largest absolute Gasteiger partial charge is 0.481 e. The van der Waals surface area contributed by atoms with E-state index in [2.05, 4.69) is 57.3 Å². The molecule has 3 heteroatoms. The van der Waals surface area contributed by atoms with Gasteiger partial charge in [-0.3, -0.25) is 4.79 Å². The maximum Gasteiger partial charge on any atom is 0.304 e. The smallest absolute Gasteiger partial charge is 0.304 e. The van der Waals surface area contributed by atoms with Crippen molar-refractivity contribution in [1.82, 2.24) is 5.32 Å². The predicted molar refractivity (Wildman–Crippen MR) is 87.7 cm³/mol. The molecule has 2 atom stereocenters. The van der Waals surface area contributed by atoms with Crippen molar-refractivity contribution in [2.45, 2.75) is 58.9 Å². The van der Waals surface area contributed by atoms with Crippen LogP contribution in [0.4, 0.5) is 0 Å². The van der Waals surface area contributed by atoms with E-state index in [4.69, 9.17) is 5.11 Å². The van der Waals surface area contributed by atoms with Gasteiger partial charge in [-0.25, -0.2) is 0 Å². The standard InChI is InChI=1S/C18H29NO2/c1-5-14(4)16-8-6-15(7-9-16)10-17(11-18(20)21)19-12-13(2)3/h6-9,13-14,17,19H,5,10-12H2,1-4H3,(H,20,21). The zero-order valence-electron chi connectivity index (χ0n) is 13.7. The maximum absolute atomic E-state index is 11.0. The number of carbonyl (C=O) groups is 1. The molecule has 0 aliphatic carbocycles. The summed E-state index contributed by atoms with van der Waals surface area (Å²) in [6, 6.07) is 8.60. The lowest BCUT2D eigenvalue weighted by Gasteiger charge is -2.19. The van der Waals surface area contributed by atoms with Crippen molar-refractivity contribution in [3.05, 3.63) is 35.4 Å². The molecule has 1 rings (SSSR count). The van der Waals surface area contributed by atoms with Crippen LogP contribution < -0.4 is 5.32 Å². The van der Waals surface area contributed by atoms with Gasteiger partial charge in [-0.1, -0.05) is 52.0 Å². The third-order valence-electron chi connectivity index (χ3n) is 3.88. The molecule has 1 aromatic carbocycles. The van der Waals surface area contributed by atoms with Crippen LogP contribution in [0, 0.1) is 5.92 Å². The zero-order valence-corrected chi connectivity index (χ0v) is 13.7. The summed E-state index contributed by atoms with van der Waals surface area (Å²) in [4.78, 5) is 11.0. The Morgan fingerprint density at radius 2 is 1.81 bits per heavy atom. The lowest BCUT2D eigenvalue weighted by Crippen LogP contribution is -2.35. The van der Waals surface area contributed by atoms with Gasteiger partial charge in [-0.15, -0.1) is 0 Å². The average Bonchev–Trinajstić information content (AvgIpc) is 2.44. The van der Waals surface area contributed by atoms with Gasteiger partial charge in [-0.05, 0) is 42.3 Å². The molecule has 0 heterocycles. The molecule has 0 saturated heterocycles. The first kappa shape index (κ1) is 17.7. The summed E-state index contributed by atoms with van der Waals surface area (Å²) in [5.74, 6) is 0.356. The molecule has 118 valence electrons. The van der Waals surface area contributed by atoms with E-state index in [1.165, 1.54) is 11.1 Å². The van der Waals surface area contributed by atoms with Crippen LogP contribution in [0.25, 0.3) is 0 Å². The van der Waals surface area contributed by atoms with Gasteiger partial charge in [0.05, 0.1) is 6.42 Å². The quantitative estimate of drug-likeness (QED) is 0.727. The normalized spacial score (nSPS) is 14.1. The average molecular weight is 291 g/mol. The summed E-state index contributed by atoms with van der Waals surface area (Å²) >= 11 is 0. The molecule has 0 aliphatic rings. The van der Waals surface area contributed by atoms with E-state index in [0.29, 0.717) is 11.8 Å². The van der Waals surface area contributed by atoms with Gasteiger partial charge in [0.1, 0.15) is 0 Å². The highest BCUT2D eigenvalue weighted by atomic mass is 16.4. The number of benzene rings is 1. The van der Waals surface area contributed by atoms with Gasteiger partial charge in [0.25, 0.3) is 0 Å². The third kappa shape index (κ3) is 6.76. The second-order valence-electron chi connectivity index (χ2n) is 6.35. The molecular formula is C18H29NO2. The number of nitrogens with one attached hydrogen (secondary N) is 1. The number of rotatable bonds is 9. The molecule has 0 saturated carbocycles. The molecule has 0 fully saturated rings. The molecule has 0 bridgehead atoms. The van der Waals surface area contributed by atoms with Crippen molar-refractivity contribution in [3.63, 3.8) is 0 Å². The predicted octanol–water partition coefficient (Wildman–Crippen LogP) is 3.83. The SMILES string of the molecule is CCC(C)c1ccc(CC(CC(=O)O)NCC(C)C)cc1. The van der Waals surface area contributed by atoms with Crippen LogP contribution >= 0.6 is 0 Å². The topological polar surface area (TPSA) is 49.3 Å². The van der Waals surface area contributed by atoms with E-state index in [1.807, 2.05) is 0 Å². The van der Waals surface area contributed by atoms with Gasteiger partial charge in [0.15, 0.2) is 0 Å². The highest BCUT2D eigenvalue weighted by molar-refractivity contribution is 5.67. The first-order valence-electron chi connectivity index (χ1n) is 7.96. The summed E-state index contributed by atoms with van der Waals surface area (Å²) in [5, 5.41) is 12.4. The summed E-state index contributed by atoms with van der Waals surface area (Å²) in [7, 11) is 0. The van der Waals surface area contributed by atoms with Crippen molar-refractivity contribution in [2.24, 2.45) is 5.92 Å². The van der Waals surface area contributed by atoms with E-state index in [9.17, 15) is 4.79 Å². The van der Waals surface area contributed by atoms with Gasteiger partial charge in [0, 0.05) is 6.04 Å². The summed E-state index contributed by atoms with van der Waals surface area (Å²) < 4.78 is 0. The Morgan fingerprint density at radius 3 is 2.29 bits per heavy atom. The van der Waals surface area contributed by atoms with Crippen molar-refractivity contribution < 1.29 is 9.90 Å². The van der Waals surface area contributed by atoms with Crippen molar-refractivity contribution in [3.8, 4) is 0 Å². The first-order valence-corrected chi connectivity index (χ1v) is 7.96. The van der Waals surface area contributed by atoms with E-state index in [-0.39, 0.29) is 12.5 Å². The fraction of sp³-hybridized carbons (Fsp3) is 0.611. The maximum atomic E-state index is 11.0. The zero-order chi connectivity index (χ0) is 15.8. The van der Waals surface area contributed by atoms with Crippen LogP contribution in [0.1, 0.15) is 57.6 Å². The number of hydrogen-bond donors (Lipinski definition) is 2. The van der Waals surface area contributed by atoms with Crippen LogP contribution in [-0.4, -0.2) is 23.7 Å². The molecule has 0 spiro atoms. The lowest BCUT2D eigenvalue weighted by molar-refractivity contribution is -0.137. The fourth-order valence-corrected chi connectivity index (χ4v) is 2.33. The molecule has 21 heavy (non-hydrogen) atoms. The molecule has 0 aromatic heterocycles. The number of carboxylic acid groups (broad SMARTS) is 1. The Bertz CT molecular complexity index is 425. The van der Waals surface area contributed by atoms with E-state index in [1.54, 1.807) is 0 Å². The van der Waals surface area contributed by atoms with Crippen LogP contribution in [0.2, 0.25) is 0 Å². The molecule has 3 nitrogen and oxygen atoms in total. The van der Waals surface area contributed by atoms with Crippen LogP contribution in [0.3, 0.4) is 0 Å². The van der Waals surface area contributed by atoms with Gasteiger partial charge < -0.3 is 10.4 Å². The fourth-order valence-electron chi connectivity index (χ4n) is 2.33. The molecule has 1 aromatic rings. The Kier molecular flexibility index (Phi) is 7.44. The Hall–Kier alpha value is -1.35. The first-order chi connectivity index (χ1) is 9.92. The van der Waals surface area contributed by atoms with Crippen LogP contribution in [0.5, 0.6) is 0 Å². The van der Waals surface area contributed by atoms with E-state index >= 15 is 0 Å². The lowest BCUT2D eigenvalue weighted by atomic mass is 9.95. The van der Waals surface area contributed by atoms with Crippen molar-refractivity contribution in [2.75, 3.05) is 6.54 Å². The minimum absolute atomic E-state index is 0.000603. The monoisotopic (exact) mass is 291 g/mol. The van der Waals surface area contributed by atoms with Gasteiger partial charge in [0.2, 0.25) is 0 Å². The second-order valence-corrected chi connectivity index (χ2v) is 6.35. The molecule has 2 N–H and O–H groups in total. The van der Waals surface area contributed by atoms with Crippen molar-refractivity contribution in [1.29, 1.82) is 0 Å². The Morgan fingerprint density at radius 1 is 1.19 bits per heavy atom. The van der Waals surface area contributed by atoms with E-state index < -0.39 is 5.97 Å². The highest BCUT2D eigenvalue weighted by Crippen LogP contribution is 2.19. The number of aliphatic carboxylic acids is 1. The van der Waals surface area contributed by atoms with E-state index in [0.717, 1.165) is 19.4 Å². The minimum atomic E-state index is -0.743. The number of carboxylic acids is 1. The molecule has 0 amide bonds.